The number of hydrogen-bond acceptors (Lipinski definition) is 3. The van der Waals surface area contributed by atoms with Crippen LogP contribution >= 0.6 is 0 Å². The summed E-state index contributed by atoms with van der Waals surface area (Å²) in [6.45, 7) is 11.2. The highest BCUT2D eigenvalue weighted by atomic mass is 15.2. The van der Waals surface area contributed by atoms with Gasteiger partial charge in [0.2, 0.25) is 0 Å². The van der Waals surface area contributed by atoms with Crippen molar-refractivity contribution in [1.82, 2.24) is 15.1 Å². The summed E-state index contributed by atoms with van der Waals surface area (Å²) < 4.78 is 0. The number of nitrogens with one attached hydrogen (secondary N) is 1. The molecule has 3 heteroatoms. The number of piperidine rings is 2. The topological polar surface area (TPSA) is 18.5 Å². The van der Waals surface area contributed by atoms with Gasteiger partial charge in [0.1, 0.15) is 0 Å². The van der Waals surface area contributed by atoms with Gasteiger partial charge in [-0.3, -0.25) is 0 Å². The molecule has 2 saturated heterocycles. The third-order valence-corrected chi connectivity index (χ3v) is 5.07. The van der Waals surface area contributed by atoms with Crippen molar-refractivity contribution < 1.29 is 0 Å². The molecule has 18 heavy (non-hydrogen) atoms. The molecule has 0 saturated carbocycles. The minimum atomic E-state index is 0.748. The number of rotatable bonds is 4. The number of nitrogens with zero attached hydrogens (tertiary/aromatic N) is 2. The molecule has 0 amide bonds. The Kier molecular flexibility index (Phi) is 5.46. The van der Waals surface area contributed by atoms with Crippen molar-refractivity contribution in [2.24, 2.45) is 5.92 Å². The summed E-state index contributed by atoms with van der Waals surface area (Å²) in [7, 11) is 2.10. The van der Waals surface area contributed by atoms with Crippen LogP contribution in [0, 0.1) is 5.92 Å². The predicted octanol–water partition coefficient (Wildman–Crippen LogP) is 1.79. The molecule has 2 aliphatic rings. The van der Waals surface area contributed by atoms with Crippen LogP contribution in [0.5, 0.6) is 0 Å². The summed E-state index contributed by atoms with van der Waals surface area (Å²) >= 11 is 0. The van der Waals surface area contributed by atoms with Crippen molar-refractivity contribution in [3.8, 4) is 0 Å². The number of likely N-dealkylation sites (tertiary alicyclic amines) is 2. The lowest BCUT2D eigenvalue weighted by atomic mass is 9.92. The number of hydrogen-bond donors (Lipinski definition) is 1. The van der Waals surface area contributed by atoms with Gasteiger partial charge in [-0.15, -0.1) is 0 Å². The largest absolute Gasteiger partial charge is 0.317 e. The highest BCUT2D eigenvalue weighted by molar-refractivity contribution is 4.84. The van der Waals surface area contributed by atoms with E-state index < -0.39 is 0 Å². The molecule has 0 aromatic rings. The summed E-state index contributed by atoms with van der Waals surface area (Å²) in [4.78, 5) is 5.33. The average Bonchev–Trinajstić information content (AvgIpc) is 2.42. The van der Waals surface area contributed by atoms with Crippen molar-refractivity contribution in [2.45, 2.75) is 51.6 Å². The molecule has 0 aliphatic carbocycles. The fraction of sp³-hybridized carbons (Fsp3) is 1.00. The fourth-order valence-electron chi connectivity index (χ4n) is 3.57. The highest BCUT2D eigenvalue weighted by Crippen LogP contribution is 2.23. The zero-order valence-corrected chi connectivity index (χ0v) is 12.5. The molecule has 2 rings (SSSR count). The first-order valence-electron chi connectivity index (χ1n) is 7.86. The molecule has 0 bridgehead atoms. The molecule has 2 fully saturated rings. The van der Waals surface area contributed by atoms with Gasteiger partial charge < -0.3 is 15.1 Å². The fourth-order valence-corrected chi connectivity index (χ4v) is 3.57. The normalized spacial score (nSPS) is 32.8. The van der Waals surface area contributed by atoms with Gasteiger partial charge in [0.05, 0.1) is 0 Å². The van der Waals surface area contributed by atoms with Gasteiger partial charge in [-0.25, -0.2) is 0 Å². The lowest BCUT2D eigenvalue weighted by Crippen LogP contribution is -2.49. The van der Waals surface area contributed by atoms with Crippen LogP contribution in [0.3, 0.4) is 0 Å². The predicted molar refractivity (Wildman–Crippen MR) is 78.0 cm³/mol. The monoisotopic (exact) mass is 253 g/mol. The van der Waals surface area contributed by atoms with E-state index in [1.807, 2.05) is 0 Å². The molecule has 106 valence electrons. The van der Waals surface area contributed by atoms with Crippen LogP contribution in [-0.4, -0.2) is 61.7 Å². The maximum atomic E-state index is 3.44. The summed E-state index contributed by atoms with van der Waals surface area (Å²) in [6.07, 6.45) is 5.47. The van der Waals surface area contributed by atoms with E-state index in [0.29, 0.717) is 0 Å². The van der Waals surface area contributed by atoms with Gasteiger partial charge in [-0.2, -0.15) is 0 Å². The Morgan fingerprint density at radius 2 is 1.83 bits per heavy atom. The van der Waals surface area contributed by atoms with Gasteiger partial charge in [-0.05, 0) is 71.8 Å². The van der Waals surface area contributed by atoms with Gasteiger partial charge in [0.15, 0.2) is 0 Å². The first-order valence-corrected chi connectivity index (χ1v) is 7.86. The third kappa shape index (κ3) is 3.69. The van der Waals surface area contributed by atoms with Crippen LogP contribution in [0.4, 0.5) is 0 Å². The highest BCUT2D eigenvalue weighted by Gasteiger charge is 2.27. The first-order chi connectivity index (χ1) is 8.72. The molecule has 0 spiro atoms. The Morgan fingerprint density at radius 3 is 2.39 bits per heavy atom. The van der Waals surface area contributed by atoms with Gasteiger partial charge in [0.25, 0.3) is 0 Å². The summed E-state index contributed by atoms with van der Waals surface area (Å²) in [6, 6.07) is 1.51. The Balaban J connectivity index is 1.73. The summed E-state index contributed by atoms with van der Waals surface area (Å²) in [5.74, 6) is 0.946. The van der Waals surface area contributed by atoms with Crippen molar-refractivity contribution in [3.05, 3.63) is 0 Å². The van der Waals surface area contributed by atoms with Crippen molar-refractivity contribution in [3.63, 3.8) is 0 Å². The molecule has 2 heterocycles. The second-order valence-electron chi connectivity index (χ2n) is 6.23. The van der Waals surface area contributed by atoms with E-state index in [1.54, 1.807) is 0 Å². The van der Waals surface area contributed by atoms with Crippen LogP contribution in [-0.2, 0) is 0 Å². The second kappa shape index (κ2) is 6.88. The van der Waals surface area contributed by atoms with Crippen LogP contribution in [0.2, 0.25) is 0 Å². The lowest BCUT2D eigenvalue weighted by molar-refractivity contribution is 0.0916. The maximum Gasteiger partial charge on any atom is 0.00910 e. The smallest absolute Gasteiger partial charge is 0.00910 e. The molecule has 0 aromatic carbocycles. The Bertz CT molecular complexity index is 236. The molecule has 2 unspecified atom stereocenters. The van der Waals surface area contributed by atoms with E-state index in [9.17, 15) is 0 Å². The minimum absolute atomic E-state index is 0.748. The average molecular weight is 253 g/mol. The Morgan fingerprint density at radius 1 is 1.11 bits per heavy atom. The van der Waals surface area contributed by atoms with E-state index in [-0.39, 0.29) is 0 Å². The van der Waals surface area contributed by atoms with Gasteiger partial charge in [-0.1, -0.05) is 6.92 Å². The lowest BCUT2D eigenvalue weighted by Gasteiger charge is -2.41. The van der Waals surface area contributed by atoms with E-state index in [1.165, 1.54) is 58.4 Å². The van der Waals surface area contributed by atoms with Crippen LogP contribution < -0.4 is 5.32 Å². The van der Waals surface area contributed by atoms with E-state index in [0.717, 1.165) is 18.0 Å². The minimum Gasteiger partial charge on any atom is -0.317 e. The Labute approximate surface area is 113 Å². The maximum absolute atomic E-state index is 3.44. The van der Waals surface area contributed by atoms with Crippen LogP contribution in [0.1, 0.15) is 39.5 Å². The van der Waals surface area contributed by atoms with Crippen molar-refractivity contribution in [2.75, 3.05) is 39.8 Å². The van der Waals surface area contributed by atoms with Crippen LogP contribution in [0.15, 0.2) is 0 Å². The molecule has 2 atom stereocenters. The molecule has 1 N–H and O–H groups in total. The SMILES string of the molecule is CCN1CCC(CN2CCC(NC)CC2C)CC1. The summed E-state index contributed by atoms with van der Waals surface area (Å²) in [5.41, 5.74) is 0. The molecule has 3 nitrogen and oxygen atoms in total. The molecule has 2 aliphatic heterocycles. The quantitative estimate of drug-likeness (QED) is 0.824. The molecular weight excluding hydrogens is 222 g/mol. The molecule has 0 aromatic heterocycles. The van der Waals surface area contributed by atoms with Crippen LogP contribution in [0.25, 0.3) is 0 Å². The molecular formula is C15H31N3. The van der Waals surface area contributed by atoms with Gasteiger partial charge >= 0.3 is 0 Å². The first kappa shape index (κ1) is 14.3. The zero-order valence-electron chi connectivity index (χ0n) is 12.5. The second-order valence-corrected chi connectivity index (χ2v) is 6.23. The van der Waals surface area contributed by atoms with E-state index >= 15 is 0 Å². The Hall–Kier alpha value is -0.120. The van der Waals surface area contributed by atoms with E-state index in [2.05, 4.69) is 36.0 Å². The third-order valence-electron chi connectivity index (χ3n) is 5.07. The molecule has 0 radical (unpaired) electrons. The standard InChI is InChI=1S/C15H31N3/c1-4-17-8-5-14(6-9-17)12-18-10-7-15(16-3)11-13(18)2/h13-16H,4-12H2,1-3H3. The zero-order chi connectivity index (χ0) is 13.0. The van der Waals surface area contributed by atoms with Gasteiger partial charge in [0, 0.05) is 18.6 Å². The van der Waals surface area contributed by atoms with Crippen molar-refractivity contribution in [1.29, 1.82) is 0 Å². The van der Waals surface area contributed by atoms with Crippen molar-refractivity contribution >= 4 is 0 Å². The van der Waals surface area contributed by atoms with E-state index in [4.69, 9.17) is 0 Å². The summed E-state index contributed by atoms with van der Waals surface area (Å²) in [5, 5.41) is 3.44.